The van der Waals surface area contributed by atoms with Gasteiger partial charge in [-0.3, -0.25) is 0 Å². The molecule has 7 nitrogen and oxygen atoms in total. The number of nitrogens with one attached hydrogen (secondary N) is 2. The second kappa shape index (κ2) is 10.0. The molecule has 2 N–H and O–H groups in total. The molecule has 0 saturated heterocycles. The summed E-state index contributed by atoms with van der Waals surface area (Å²) in [6.45, 7) is 6.49. The van der Waals surface area contributed by atoms with Crippen LogP contribution in [0.15, 0.2) is 65.3 Å². The lowest BCUT2D eigenvalue weighted by atomic mass is 10.1. The van der Waals surface area contributed by atoms with E-state index in [0.29, 0.717) is 23.8 Å². The van der Waals surface area contributed by atoms with Crippen LogP contribution >= 0.6 is 27.5 Å². The van der Waals surface area contributed by atoms with Crippen molar-refractivity contribution in [3.05, 3.63) is 81.4 Å². The van der Waals surface area contributed by atoms with Gasteiger partial charge in [-0.2, -0.15) is 9.61 Å². The first-order valence-electron chi connectivity index (χ1n) is 10.8. The minimum absolute atomic E-state index is 0.399. The van der Waals surface area contributed by atoms with Gasteiger partial charge in [0.2, 0.25) is 0 Å². The molecule has 9 heteroatoms. The topological polar surface area (TPSA) is 80.5 Å². The summed E-state index contributed by atoms with van der Waals surface area (Å²) >= 11 is 9.94. The van der Waals surface area contributed by atoms with E-state index in [4.69, 9.17) is 21.3 Å². The second-order valence-corrected chi connectivity index (χ2v) is 10.0. The van der Waals surface area contributed by atoms with E-state index in [1.54, 1.807) is 10.7 Å². The number of hydrogen-bond acceptors (Lipinski definition) is 5. The predicted octanol–water partition coefficient (Wildman–Crippen LogP) is 6.45. The van der Waals surface area contributed by atoms with E-state index in [2.05, 4.69) is 31.7 Å². The molecular formula is C25H25BrClN5O2. The van der Waals surface area contributed by atoms with Gasteiger partial charge in [-0.05, 0) is 53.9 Å². The number of aromatic nitrogens is 3. The van der Waals surface area contributed by atoms with Crippen LogP contribution in [-0.2, 0) is 17.8 Å². The van der Waals surface area contributed by atoms with Crippen molar-refractivity contribution < 1.29 is 9.53 Å². The molecule has 2 aromatic carbocycles. The molecule has 176 valence electrons. The van der Waals surface area contributed by atoms with Gasteiger partial charge in [-0.15, -0.1) is 0 Å². The van der Waals surface area contributed by atoms with Crippen molar-refractivity contribution in [3.63, 3.8) is 0 Å². The van der Waals surface area contributed by atoms with Crippen molar-refractivity contribution in [3.8, 4) is 11.3 Å². The molecule has 1 amide bonds. The number of rotatable bonds is 6. The van der Waals surface area contributed by atoms with Gasteiger partial charge >= 0.3 is 6.09 Å². The number of benzene rings is 2. The van der Waals surface area contributed by atoms with Gasteiger partial charge in [0.15, 0.2) is 5.65 Å². The fourth-order valence-electron chi connectivity index (χ4n) is 3.32. The van der Waals surface area contributed by atoms with E-state index >= 15 is 0 Å². The lowest BCUT2D eigenvalue weighted by Gasteiger charge is -2.19. The van der Waals surface area contributed by atoms with Crippen molar-refractivity contribution in [1.82, 2.24) is 19.9 Å². The van der Waals surface area contributed by atoms with Crippen LogP contribution in [-0.4, -0.2) is 26.3 Å². The first-order chi connectivity index (χ1) is 16.2. The number of carbonyl (C=O) groups excluding carboxylic acids is 1. The molecule has 0 aliphatic rings. The highest BCUT2D eigenvalue weighted by Crippen LogP contribution is 2.30. The number of alkyl carbamates (subject to hydrolysis) is 1. The highest BCUT2D eigenvalue weighted by molar-refractivity contribution is 9.10. The Morgan fingerprint density at radius 1 is 1.09 bits per heavy atom. The van der Waals surface area contributed by atoms with Crippen LogP contribution in [0.1, 0.15) is 31.9 Å². The third-order valence-electron chi connectivity index (χ3n) is 4.91. The van der Waals surface area contributed by atoms with Crippen LogP contribution in [0.5, 0.6) is 0 Å². The Balaban J connectivity index is 1.47. The molecular weight excluding hydrogens is 518 g/mol. The summed E-state index contributed by atoms with van der Waals surface area (Å²) in [5.41, 5.74) is 3.85. The average Bonchev–Trinajstić information content (AvgIpc) is 3.17. The van der Waals surface area contributed by atoms with E-state index < -0.39 is 11.7 Å². The largest absolute Gasteiger partial charge is 0.444 e. The summed E-state index contributed by atoms with van der Waals surface area (Å²) in [5, 5.41) is 11.3. The summed E-state index contributed by atoms with van der Waals surface area (Å²) in [7, 11) is 0. The van der Waals surface area contributed by atoms with Gasteiger partial charge in [0.1, 0.15) is 11.4 Å². The van der Waals surface area contributed by atoms with Crippen LogP contribution in [0.3, 0.4) is 0 Å². The Hall–Kier alpha value is -3.10. The summed E-state index contributed by atoms with van der Waals surface area (Å²) in [5.74, 6) is 0.793. The third kappa shape index (κ3) is 5.87. The zero-order valence-corrected chi connectivity index (χ0v) is 21.4. The predicted molar refractivity (Wildman–Crippen MR) is 138 cm³/mol. The van der Waals surface area contributed by atoms with Gasteiger partial charge in [0.25, 0.3) is 0 Å². The molecule has 0 radical (unpaired) electrons. The molecule has 0 aliphatic heterocycles. The minimum atomic E-state index is -0.520. The minimum Gasteiger partial charge on any atom is -0.444 e. The number of amides is 1. The van der Waals surface area contributed by atoms with Crippen LogP contribution in [0.25, 0.3) is 16.9 Å². The number of anilines is 1. The third-order valence-corrected chi connectivity index (χ3v) is 5.80. The van der Waals surface area contributed by atoms with Gasteiger partial charge in [0, 0.05) is 29.7 Å². The fraction of sp³-hybridized carbons (Fsp3) is 0.240. The lowest BCUT2D eigenvalue weighted by molar-refractivity contribution is 0.0523. The van der Waals surface area contributed by atoms with Crippen LogP contribution in [0.4, 0.5) is 10.6 Å². The Morgan fingerprint density at radius 3 is 2.44 bits per heavy atom. The molecule has 0 spiro atoms. The molecule has 0 fully saturated rings. The summed E-state index contributed by atoms with van der Waals surface area (Å²) in [6, 6.07) is 17.6. The molecule has 4 rings (SSSR count). The van der Waals surface area contributed by atoms with E-state index in [9.17, 15) is 4.79 Å². The lowest BCUT2D eigenvalue weighted by Crippen LogP contribution is -2.32. The SMILES string of the molecule is CC(C)(C)OC(=O)NCc1ccc(CNc2cc(-c3ccccc3Cl)nc3c(Br)cnn23)cc1. The van der Waals surface area contributed by atoms with E-state index in [1.165, 1.54) is 0 Å². The second-order valence-electron chi connectivity index (χ2n) is 8.76. The quantitative estimate of drug-likeness (QED) is 0.293. The number of halogens is 2. The molecule has 2 heterocycles. The van der Waals surface area contributed by atoms with Crippen LogP contribution < -0.4 is 10.6 Å². The summed E-state index contributed by atoms with van der Waals surface area (Å²) < 4.78 is 7.82. The van der Waals surface area contributed by atoms with Crippen LogP contribution in [0.2, 0.25) is 5.02 Å². The normalized spacial score (nSPS) is 11.4. The number of carbonyl (C=O) groups is 1. The molecule has 0 atom stereocenters. The maximum atomic E-state index is 11.8. The van der Waals surface area contributed by atoms with Crippen molar-refractivity contribution in [2.75, 3.05) is 5.32 Å². The molecule has 0 unspecified atom stereocenters. The fourth-order valence-corrected chi connectivity index (χ4v) is 3.91. The molecule has 4 aromatic rings. The Morgan fingerprint density at radius 2 is 1.76 bits per heavy atom. The number of ether oxygens (including phenoxy) is 1. The van der Waals surface area contributed by atoms with Gasteiger partial charge in [-0.1, -0.05) is 54.1 Å². The van der Waals surface area contributed by atoms with Crippen molar-refractivity contribution in [2.24, 2.45) is 0 Å². The number of fused-ring (bicyclic) bond motifs is 1. The van der Waals surface area contributed by atoms with Gasteiger partial charge in [-0.25, -0.2) is 9.78 Å². The Bertz CT molecular complexity index is 1320. The molecule has 0 aliphatic carbocycles. The first kappa shape index (κ1) is 24.0. The maximum Gasteiger partial charge on any atom is 0.407 e. The van der Waals surface area contributed by atoms with E-state index in [-0.39, 0.29) is 0 Å². The Kier molecular flexibility index (Phi) is 7.09. The zero-order valence-electron chi connectivity index (χ0n) is 19.1. The Labute approximate surface area is 211 Å². The average molecular weight is 543 g/mol. The molecule has 2 aromatic heterocycles. The highest BCUT2D eigenvalue weighted by atomic mass is 79.9. The van der Waals surface area contributed by atoms with Crippen LogP contribution in [0, 0.1) is 0 Å². The standard InChI is InChI=1S/C25H25BrClN5O2/c1-25(2,3)34-24(33)29-14-17-10-8-16(9-11-17)13-28-22-12-21(18-6-4-5-7-20(18)27)31-23-19(26)15-30-32(22)23/h4-12,15,28H,13-14H2,1-3H3,(H,29,33). The summed E-state index contributed by atoms with van der Waals surface area (Å²) in [6.07, 6.45) is 1.29. The number of hydrogen-bond donors (Lipinski definition) is 2. The number of nitrogens with zero attached hydrogens (tertiary/aromatic N) is 3. The van der Waals surface area contributed by atoms with Gasteiger partial charge < -0.3 is 15.4 Å². The summed E-state index contributed by atoms with van der Waals surface area (Å²) in [4.78, 5) is 16.6. The first-order valence-corrected chi connectivity index (χ1v) is 11.9. The molecule has 0 bridgehead atoms. The van der Waals surface area contributed by atoms with E-state index in [1.807, 2.05) is 75.4 Å². The monoisotopic (exact) mass is 541 g/mol. The van der Waals surface area contributed by atoms with Crippen molar-refractivity contribution >= 4 is 45.1 Å². The maximum absolute atomic E-state index is 11.8. The van der Waals surface area contributed by atoms with Crippen molar-refractivity contribution in [1.29, 1.82) is 0 Å². The zero-order chi connectivity index (χ0) is 24.3. The van der Waals surface area contributed by atoms with Crippen molar-refractivity contribution in [2.45, 2.75) is 39.5 Å². The molecule has 0 saturated carbocycles. The van der Waals surface area contributed by atoms with Gasteiger partial charge in [0.05, 0.1) is 16.4 Å². The smallest absolute Gasteiger partial charge is 0.407 e. The van der Waals surface area contributed by atoms with E-state index in [0.717, 1.165) is 32.7 Å². The molecule has 34 heavy (non-hydrogen) atoms. The highest BCUT2D eigenvalue weighted by Gasteiger charge is 2.16.